The summed E-state index contributed by atoms with van der Waals surface area (Å²) >= 11 is 3.44. The van der Waals surface area contributed by atoms with Gasteiger partial charge in [0.15, 0.2) is 11.5 Å². The lowest BCUT2D eigenvalue weighted by molar-refractivity contribution is -0.130. The second kappa shape index (κ2) is 10.3. The number of carbonyl (C=O) groups excluding carboxylic acids is 3. The number of ether oxygens (including phenoxy) is 2. The van der Waals surface area contributed by atoms with E-state index in [1.165, 1.54) is 19.4 Å². The third-order valence-electron chi connectivity index (χ3n) is 5.15. The lowest BCUT2D eigenvalue weighted by Crippen LogP contribution is -2.53. The van der Waals surface area contributed by atoms with Gasteiger partial charge in [-0.3, -0.25) is 19.8 Å². The van der Waals surface area contributed by atoms with Gasteiger partial charge in [-0.25, -0.2) is 4.79 Å². The molecule has 1 aromatic heterocycles. The minimum atomic E-state index is -0.825. The van der Waals surface area contributed by atoms with Crippen LogP contribution in [-0.4, -0.2) is 29.9 Å². The molecule has 4 rings (SSSR count). The molecule has 0 atom stereocenters. The fraction of sp³-hybridized carbons (Fsp3) is 0.120. The van der Waals surface area contributed by atoms with E-state index in [2.05, 4.69) is 27.3 Å². The summed E-state index contributed by atoms with van der Waals surface area (Å²) in [4.78, 5) is 38.5. The molecule has 0 aliphatic carbocycles. The molecule has 3 aromatic rings. The normalized spacial score (nSPS) is 14.6. The number of hydrogen-bond donors (Lipinski definition) is 1. The maximum Gasteiger partial charge on any atom is 0.331 e. The number of nitriles is 1. The van der Waals surface area contributed by atoms with Crippen molar-refractivity contribution in [3.63, 3.8) is 0 Å². The average molecular weight is 536 g/mol. The molecule has 0 saturated carbocycles. The van der Waals surface area contributed by atoms with E-state index < -0.39 is 17.8 Å². The number of rotatable bonds is 7. The highest BCUT2D eigenvalue weighted by Gasteiger charge is 2.36. The predicted molar refractivity (Wildman–Crippen MR) is 127 cm³/mol. The monoisotopic (exact) mass is 535 g/mol. The largest absolute Gasteiger partial charge is 0.493 e. The van der Waals surface area contributed by atoms with Crippen molar-refractivity contribution < 1.29 is 28.3 Å². The Morgan fingerprint density at radius 3 is 2.69 bits per heavy atom. The lowest BCUT2D eigenvalue weighted by Gasteiger charge is -2.25. The Balaban J connectivity index is 1.61. The van der Waals surface area contributed by atoms with Crippen LogP contribution >= 0.6 is 15.9 Å². The van der Waals surface area contributed by atoms with Gasteiger partial charge in [0.05, 0.1) is 36.0 Å². The number of barbiturate groups is 1. The van der Waals surface area contributed by atoms with Crippen molar-refractivity contribution in [1.29, 1.82) is 5.26 Å². The first-order chi connectivity index (χ1) is 16.9. The number of carbonyl (C=O) groups is 3. The van der Waals surface area contributed by atoms with Gasteiger partial charge in [0.25, 0.3) is 11.8 Å². The number of benzene rings is 2. The molecule has 2 aromatic carbocycles. The Bertz CT molecular complexity index is 1370. The number of methoxy groups -OCH3 is 1. The van der Waals surface area contributed by atoms with E-state index in [-0.39, 0.29) is 18.7 Å². The number of furan rings is 1. The molecule has 0 spiro atoms. The molecule has 2 heterocycles. The van der Waals surface area contributed by atoms with Crippen molar-refractivity contribution in [2.24, 2.45) is 0 Å². The van der Waals surface area contributed by atoms with Gasteiger partial charge in [-0.05, 0) is 57.9 Å². The first-order valence-corrected chi connectivity index (χ1v) is 11.1. The maximum atomic E-state index is 12.9. The third-order valence-corrected chi connectivity index (χ3v) is 5.74. The van der Waals surface area contributed by atoms with Crippen molar-refractivity contribution in [2.75, 3.05) is 7.11 Å². The zero-order valence-corrected chi connectivity index (χ0v) is 20.0. The van der Waals surface area contributed by atoms with Gasteiger partial charge >= 0.3 is 6.03 Å². The van der Waals surface area contributed by atoms with Crippen molar-refractivity contribution in [2.45, 2.75) is 13.2 Å². The molecule has 35 heavy (non-hydrogen) atoms. The minimum Gasteiger partial charge on any atom is -0.493 e. The Morgan fingerprint density at radius 2 is 1.97 bits per heavy atom. The molecular formula is C25H18BrN3O6. The topological polar surface area (TPSA) is 122 Å². The van der Waals surface area contributed by atoms with E-state index in [9.17, 15) is 19.6 Å². The summed E-state index contributed by atoms with van der Waals surface area (Å²) in [7, 11) is 1.46. The number of hydrogen-bond acceptors (Lipinski definition) is 7. The van der Waals surface area contributed by atoms with Gasteiger partial charge in [0, 0.05) is 5.56 Å². The smallest absolute Gasteiger partial charge is 0.331 e. The van der Waals surface area contributed by atoms with Crippen LogP contribution in [-0.2, 0) is 22.7 Å². The van der Waals surface area contributed by atoms with Crippen molar-refractivity contribution >= 4 is 39.9 Å². The summed E-state index contributed by atoms with van der Waals surface area (Å²) in [6, 6.07) is 14.9. The summed E-state index contributed by atoms with van der Waals surface area (Å²) in [5, 5.41) is 11.4. The van der Waals surface area contributed by atoms with Crippen LogP contribution in [0, 0.1) is 11.3 Å². The SMILES string of the molecule is COc1cc(/C=C2\C(=O)NC(=O)N(Cc3ccco3)C2=O)cc(Br)c1OCc1ccccc1C#N. The molecule has 1 N–H and O–H groups in total. The van der Waals surface area contributed by atoms with Crippen LogP contribution in [0.4, 0.5) is 4.79 Å². The highest BCUT2D eigenvalue weighted by molar-refractivity contribution is 9.10. The molecular weight excluding hydrogens is 518 g/mol. The van der Waals surface area contributed by atoms with Gasteiger partial charge in [-0.15, -0.1) is 0 Å². The number of halogens is 1. The summed E-state index contributed by atoms with van der Waals surface area (Å²) in [5.41, 5.74) is 1.45. The van der Waals surface area contributed by atoms with Gasteiger partial charge in [-0.2, -0.15) is 5.26 Å². The molecule has 0 bridgehead atoms. The molecule has 1 aliphatic heterocycles. The van der Waals surface area contributed by atoms with Crippen molar-refractivity contribution in [3.8, 4) is 17.6 Å². The second-order valence-corrected chi connectivity index (χ2v) is 8.23. The van der Waals surface area contributed by atoms with Crippen LogP contribution < -0.4 is 14.8 Å². The number of nitrogens with one attached hydrogen (secondary N) is 1. The highest BCUT2D eigenvalue weighted by atomic mass is 79.9. The Morgan fingerprint density at radius 1 is 1.17 bits per heavy atom. The van der Waals surface area contributed by atoms with Crippen LogP contribution in [0.3, 0.4) is 0 Å². The highest BCUT2D eigenvalue weighted by Crippen LogP contribution is 2.38. The van der Waals surface area contributed by atoms with E-state index in [4.69, 9.17) is 13.9 Å². The fourth-order valence-electron chi connectivity index (χ4n) is 3.43. The van der Waals surface area contributed by atoms with E-state index in [0.717, 1.165) is 4.90 Å². The lowest BCUT2D eigenvalue weighted by atomic mass is 10.1. The van der Waals surface area contributed by atoms with Gasteiger partial charge in [0.1, 0.15) is 17.9 Å². The molecule has 0 unspecified atom stereocenters. The maximum absolute atomic E-state index is 12.9. The number of urea groups is 1. The number of nitrogens with zero attached hydrogens (tertiary/aromatic N) is 2. The Hall–Kier alpha value is -4.36. The van der Waals surface area contributed by atoms with E-state index in [1.807, 2.05) is 6.07 Å². The summed E-state index contributed by atoms with van der Waals surface area (Å²) in [6.07, 6.45) is 2.79. The van der Waals surface area contributed by atoms with E-state index >= 15 is 0 Å². The number of amides is 4. The number of imide groups is 2. The zero-order valence-electron chi connectivity index (χ0n) is 18.4. The Kier molecular flexibility index (Phi) is 6.98. The average Bonchev–Trinajstić information content (AvgIpc) is 3.37. The van der Waals surface area contributed by atoms with Crippen molar-refractivity contribution in [3.05, 3.63) is 87.3 Å². The van der Waals surface area contributed by atoms with Crippen LogP contribution in [0.25, 0.3) is 6.08 Å². The van der Waals surface area contributed by atoms with Crippen molar-refractivity contribution in [1.82, 2.24) is 10.2 Å². The van der Waals surface area contributed by atoms with Gasteiger partial charge in [0.2, 0.25) is 0 Å². The molecule has 0 radical (unpaired) electrons. The fourth-order valence-corrected chi connectivity index (χ4v) is 4.01. The third kappa shape index (κ3) is 5.10. The second-order valence-electron chi connectivity index (χ2n) is 7.38. The van der Waals surface area contributed by atoms with E-state index in [0.29, 0.717) is 38.4 Å². The molecule has 4 amide bonds. The first kappa shape index (κ1) is 23.8. The van der Waals surface area contributed by atoms with Gasteiger partial charge < -0.3 is 13.9 Å². The summed E-state index contributed by atoms with van der Waals surface area (Å²) in [5.74, 6) is -0.437. The quantitative estimate of drug-likeness (QED) is 0.356. The summed E-state index contributed by atoms with van der Waals surface area (Å²) < 4.78 is 17.1. The minimum absolute atomic E-state index is 0.119. The van der Waals surface area contributed by atoms with Gasteiger partial charge in [-0.1, -0.05) is 18.2 Å². The van der Waals surface area contributed by atoms with Crippen LogP contribution in [0.2, 0.25) is 0 Å². The molecule has 1 fully saturated rings. The first-order valence-electron chi connectivity index (χ1n) is 10.3. The zero-order chi connectivity index (χ0) is 24.9. The van der Waals surface area contributed by atoms with E-state index in [1.54, 1.807) is 42.5 Å². The van der Waals surface area contributed by atoms with Crippen LogP contribution in [0.5, 0.6) is 11.5 Å². The van der Waals surface area contributed by atoms with Crippen LogP contribution in [0.15, 0.2) is 69.3 Å². The molecule has 1 aliphatic rings. The summed E-state index contributed by atoms with van der Waals surface area (Å²) in [6.45, 7) is 0.0100. The molecule has 1 saturated heterocycles. The molecule has 176 valence electrons. The standard InChI is InChI=1S/C25H18BrN3O6/c1-33-21-11-15(10-20(26)22(21)35-14-17-6-3-2-5-16(17)12-27)9-19-23(30)28-25(32)29(24(19)31)13-18-7-4-8-34-18/h2-11H,13-14H2,1H3,(H,28,30,32)/b19-9+. The molecule has 9 nitrogen and oxygen atoms in total. The van der Waals surface area contributed by atoms with Crippen LogP contribution in [0.1, 0.15) is 22.5 Å². The predicted octanol–water partition coefficient (Wildman–Crippen LogP) is 4.16. The molecule has 10 heteroatoms. The Labute approximate surface area is 208 Å².